The minimum atomic E-state index is -0.0782. The van der Waals surface area contributed by atoms with Crippen molar-refractivity contribution in [2.75, 3.05) is 0 Å². The Morgan fingerprint density at radius 3 is 1.95 bits per heavy atom. The molecule has 0 unspecified atom stereocenters. The van der Waals surface area contributed by atoms with E-state index < -0.39 is 0 Å². The summed E-state index contributed by atoms with van der Waals surface area (Å²) in [5, 5.41) is 2.51. The van der Waals surface area contributed by atoms with E-state index >= 15 is 0 Å². The lowest BCUT2D eigenvalue weighted by Gasteiger charge is -2.34. The third-order valence-corrected chi connectivity index (χ3v) is 8.40. The van der Waals surface area contributed by atoms with Gasteiger partial charge in [0, 0.05) is 32.9 Å². The van der Waals surface area contributed by atoms with Crippen molar-refractivity contribution in [3.05, 3.63) is 139 Å². The lowest BCUT2D eigenvalue weighted by molar-refractivity contribution is 0.630. The molecular formula is C37H27N3. The lowest BCUT2D eigenvalue weighted by Crippen LogP contribution is -2.26. The summed E-state index contributed by atoms with van der Waals surface area (Å²) in [6, 6.07) is 45.1. The van der Waals surface area contributed by atoms with Gasteiger partial charge in [-0.2, -0.15) is 0 Å². The SMILES string of the molecule is CC1(C)c2ccccc2-n2c3ccc(-c4cc(-c5ccccc5)nc(-c5ccccc5)n4)cc3c3cccc1c32. The van der Waals surface area contributed by atoms with Gasteiger partial charge in [-0.15, -0.1) is 0 Å². The molecule has 5 aromatic carbocycles. The Bertz CT molecular complexity index is 2010. The van der Waals surface area contributed by atoms with Gasteiger partial charge in [-0.05, 0) is 35.4 Å². The molecule has 0 atom stereocenters. The summed E-state index contributed by atoms with van der Waals surface area (Å²) in [6.07, 6.45) is 0. The molecule has 2 aromatic heterocycles. The number of aromatic nitrogens is 3. The highest BCUT2D eigenvalue weighted by Gasteiger charge is 2.34. The van der Waals surface area contributed by atoms with Crippen LogP contribution < -0.4 is 0 Å². The standard InChI is InChI=1S/C37H27N3/c1-37(2)29-17-9-10-19-34(29)40-33-21-20-26(22-28(33)27-16-11-18-30(37)35(27)40)32-23-31(24-12-5-3-6-13-24)38-36(39-32)25-14-7-4-8-15-25/h3-23H,1-2H3. The lowest BCUT2D eigenvalue weighted by atomic mass is 9.75. The Labute approximate surface area is 233 Å². The Hall–Kier alpha value is -5.02. The van der Waals surface area contributed by atoms with E-state index in [1.807, 2.05) is 24.3 Å². The van der Waals surface area contributed by atoms with Crippen molar-refractivity contribution >= 4 is 21.8 Å². The maximum Gasteiger partial charge on any atom is 0.160 e. The molecule has 8 rings (SSSR count). The van der Waals surface area contributed by atoms with E-state index in [4.69, 9.17) is 9.97 Å². The molecular weight excluding hydrogens is 486 g/mol. The van der Waals surface area contributed by atoms with Crippen LogP contribution in [0.15, 0.2) is 127 Å². The van der Waals surface area contributed by atoms with Crippen molar-refractivity contribution in [1.82, 2.24) is 14.5 Å². The smallest absolute Gasteiger partial charge is 0.160 e. The first-order valence-electron chi connectivity index (χ1n) is 13.8. The van der Waals surface area contributed by atoms with Gasteiger partial charge < -0.3 is 4.57 Å². The molecule has 3 nitrogen and oxygen atoms in total. The Kier molecular flexibility index (Phi) is 4.86. The number of hydrogen-bond donors (Lipinski definition) is 0. The van der Waals surface area contributed by atoms with Gasteiger partial charge in [0.15, 0.2) is 5.82 Å². The zero-order chi connectivity index (χ0) is 26.8. The molecule has 0 amide bonds. The van der Waals surface area contributed by atoms with Crippen LogP contribution in [-0.4, -0.2) is 14.5 Å². The number of fused-ring (bicyclic) bond motifs is 5. The highest BCUT2D eigenvalue weighted by Crippen LogP contribution is 2.47. The molecule has 7 aromatic rings. The first-order chi connectivity index (χ1) is 19.6. The second kappa shape index (κ2) is 8.49. The van der Waals surface area contributed by atoms with Crippen LogP contribution in [-0.2, 0) is 5.41 Å². The summed E-state index contributed by atoms with van der Waals surface area (Å²) >= 11 is 0. The van der Waals surface area contributed by atoms with Gasteiger partial charge in [0.2, 0.25) is 0 Å². The fourth-order valence-corrected chi connectivity index (χ4v) is 6.39. The minimum absolute atomic E-state index is 0.0782. The molecule has 3 heterocycles. The van der Waals surface area contributed by atoms with Crippen molar-refractivity contribution in [3.63, 3.8) is 0 Å². The van der Waals surface area contributed by atoms with Crippen LogP contribution in [0, 0.1) is 0 Å². The van der Waals surface area contributed by atoms with Crippen LogP contribution in [0.3, 0.4) is 0 Å². The van der Waals surface area contributed by atoms with Gasteiger partial charge in [0.05, 0.1) is 28.1 Å². The number of hydrogen-bond acceptors (Lipinski definition) is 2. The monoisotopic (exact) mass is 513 g/mol. The number of para-hydroxylation sites is 2. The molecule has 0 bridgehead atoms. The molecule has 0 N–H and O–H groups in total. The van der Waals surface area contributed by atoms with E-state index in [1.54, 1.807) is 0 Å². The van der Waals surface area contributed by atoms with E-state index in [1.165, 1.54) is 38.6 Å². The topological polar surface area (TPSA) is 30.7 Å². The van der Waals surface area contributed by atoms with Crippen LogP contribution in [0.25, 0.3) is 61.4 Å². The second-order valence-corrected chi connectivity index (χ2v) is 11.1. The molecule has 1 aliphatic heterocycles. The summed E-state index contributed by atoms with van der Waals surface area (Å²) in [4.78, 5) is 10.1. The molecule has 1 aliphatic rings. The minimum Gasteiger partial charge on any atom is -0.309 e. The van der Waals surface area contributed by atoms with E-state index in [0.717, 1.165) is 33.9 Å². The zero-order valence-corrected chi connectivity index (χ0v) is 22.5. The molecule has 0 saturated heterocycles. The molecule has 40 heavy (non-hydrogen) atoms. The molecule has 0 fully saturated rings. The zero-order valence-electron chi connectivity index (χ0n) is 22.5. The van der Waals surface area contributed by atoms with E-state index in [-0.39, 0.29) is 5.41 Å². The predicted molar refractivity (Wildman–Crippen MR) is 165 cm³/mol. The molecule has 0 saturated carbocycles. The summed E-state index contributed by atoms with van der Waals surface area (Å²) < 4.78 is 2.45. The van der Waals surface area contributed by atoms with Crippen molar-refractivity contribution in [3.8, 4) is 39.6 Å². The first kappa shape index (κ1) is 22.9. The Morgan fingerprint density at radius 2 is 1.18 bits per heavy atom. The maximum absolute atomic E-state index is 5.08. The fourth-order valence-electron chi connectivity index (χ4n) is 6.39. The van der Waals surface area contributed by atoms with Crippen molar-refractivity contribution in [1.29, 1.82) is 0 Å². The van der Waals surface area contributed by atoms with Gasteiger partial charge in [0.1, 0.15) is 0 Å². The predicted octanol–water partition coefficient (Wildman–Crippen LogP) is 9.21. The molecule has 190 valence electrons. The quantitative estimate of drug-likeness (QED) is 0.236. The molecule has 0 spiro atoms. The summed E-state index contributed by atoms with van der Waals surface area (Å²) in [5.41, 5.74) is 11.4. The maximum atomic E-state index is 5.08. The third kappa shape index (κ3) is 3.31. The largest absolute Gasteiger partial charge is 0.309 e. The van der Waals surface area contributed by atoms with Crippen LogP contribution in [0.4, 0.5) is 0 Å². The summed E-state index contributed by atoms with van der Waals surface area (Å²) in [7, 11) is 0. The number of benzene rings is 5. The second-order valence-electron chi connectivity index (χ2n) is 11.1. The number of nitrogens with zero attached hydrogens (tertiary/aromatic N) is 3. The van der Waals surface area contributed by atoms with Crippen molar-refractivity contribution in [2.45, 2.75) is 19.3 Å². The van der Waals surface area contributed by atoms with Gasteiger partial charge in [-0.25, -0.2) is 9.97 Å². The van der Waals surface area contributed by atoms with E-state index in [2.05, 4.69) is 122 Å². The van der Waals surface area contributed by atoms with Gasteiger partial charge >= 0.3 is 0 Å². The summed E-state index contributed by atoms with van der Waals surface area (Å²) in [5.74, 6) is 0.732. The average molecular weight is 514 g/mol. The highest BCUT2D eigenvalue weighted by molar-refractivity contribution is 6.12. The Balaban J connectivity index is 1.39. The third-order valence-electron chi connectivity index (χ3n) is 8.40. The summed E-state index contributed by atoms with van der Waals surface area (Å²) in [6.45, 7) is 4.68. The van der Waals surface area contributed by atoms with Crippen molar-refractivity contribution < 1.29 is 0 Å². The highest BCUT2D eigenvalue weighted by atomic mass is 15.0. The van der Waals surface area contributed by atoms with Crippen LogP contribution in [0.2, 0.25) is 0 Å². The molecule has 3 heteroatoms. The van der Waals surface area contributed by atoms with Gasteiger partial charge in [-0.3, -0.25) is 0 Å². The number of rotatable bonds is 3. The van der Waals surface area contributed by atoms with Crippen molar-refractivity contribution in [2.24, 2.45) is 0 Å². The van der Waals surface area contributed by atoms with E-state index in [9.17, 15) is 0 Å². The Morgan fingerprint density at radius 1 is 0.525 bits per heavy atom. The fraction of sp³-hybridized carbons (Fsp3) is 0.0811. The van der Waals surface area contributed by atoms with Crippen LogP contribution >= 0.6 is 0 Å². The molecule has 0 radical (unpaired) electrons. The van der Waals surface area contributed by atoms with Gasteiger partial charge in [0.25, 0.3) is 0 Å². The molecule has 0 aliphatic carbocycles. The van der Waals surface area contributed by atoms with Crippen LogP contribution in [0.1, 0.15) is 25.0 Å². The van der Waals surface area contributed by atoms with E-state index in [0.29, 0.717) is 0 Å². The van der Waals surface area contributed by atoms with Gasteiger partial charge in [-0.1, -0.05) is 117 Å². The average Bonchev–Trinajstić information content (AvgIpc) is 3.35. The van der Waals surface area contributed by atoms with Crippen LogP contribution in [0.5, 0.6) is 0 Å². The first-order valence-corrected chi connectivity index (χ1v) is 13.8. The normalized spacial score (nSPS) is 13.4.